The molecule has 1 aromatic rings. The van der Waals surface area contributed by atoms with E-state index in [0.717, 1.165) is 18.4 Å². The fraction of sp³-hybridized carbons (Fsp3) is 0.674. The lowest BCUT2D eigenvalue weighted by Gasteiger charge is -2.29. The predicted octanol–water partition coefficient (Wildman–Crippen LogP) is 3.89. The van der Waals surface area contributed by atoms with Crippen molar-refractivity contribution in [2.45, 2.75) is 92.9 Å². The number of hydrogen-bond donors (Lipinski definition) is 3. The number of amides is 2. The Morgan fingerprint density at radius 1 is 0.746 bits per heavy atom. The number of aliphatic hydroxyl groups excluding tert-OH is 1. The van der Waals surface area contributed by atoms with Crippen molar-refractivity contribution in [3.63, 3.8) is 0 Å². The minimum Gasteiger partial charge on any atom is -0.424 e. The third-order valence-corrected chi connectivity index (χ3v) is 8.65. The van der Waals surface area contributed by atoms with Gasteiger partial charge in [0.05, 0.1) is 71.6 Å². The first-order chi connectivity index (χ1) is 28.1. The smallest absolute Gasteiger partial charge is 0.373 e. The van der Waals surface area contributed by atoms with Gasteiger partial charge in [-0.05, 0) is 66.6 Å². The van der Waals surface area contributed by atoms with E-state index in [9.17, 15) is 24.0 Å². The maximum Gasteiger partial charge on any atom is 0.373 e. The molecule has 0 aliphatic heterocycles. The van der Waals surface area contributed by atoms with Crippen LogP contribution >= 0.6 is 0 Å². The molecule has 0 radical (unpaired) electrons. The minimum absolute atomic E-state index is 0.0252. The van der Waals surface area contributed by atoms with Gasteiger partial charge in [0, 0.05) is 51.9 Å². The SMILES string of the molecule is CC(=O)Oc1ccc(C[C@H](C)CC(C)C(C)(C)C)cc1NC(=O)CCOCCCC(=O)C#CC(=O)NCCOCCOCCOCCC(=O)CCCOCCO.O=C=O. The van der Waals surface area contributed by atoms with E-state index in [1.165, 1.54) is 6.92 Å². The summed E-state index contributed by atoms with van der Waals surface area (Å²) in [5.74, 6) is 4.19. The Bertz CT molecular complexity index is 1470. The van der Waals surface area contributed by atoms with Crippen LogP contribution in [0, 0.1) is 29.1 Å². The van der Waals surface area contributed by atoms with Gasteiger partial charge in [-0.15, -0.1) is 0 Å². The number of carbonyl (C=O) groups excluding carboxylic acids is 7. The molecule has 16 heteroatoms. The summed E-state index contributed by atoms with van der Waals surface area (Å²) in [5, 5.41) is 14.0. The molecular weight excluding hydrogens is 768 g/mol. The van der Waals surface area contributed by atoms with Crippen LogP contribution in [0.2, 0.25) is 0 Å². The van der Waals surface area contributed by atoms with Crippen molar-refractivity contribution in [1.82, 2.24) is 5.32 Å². The molecule has 0 heterocycles. The van der Waals surface area contributed by atoms with Crippen LogP contribution in [0.1, 0.15) is 92.1 Å². The number of aliphatic hydroxyl groups is 1. The Hall–Kier alpha value is -4.33. The van der Waals surface area contributed by atoms with Gasteiger partial charge in [-0.25, -0.2) is 0 Å². The average molecular weight is 835 g/mol. The van der Waals surface area contributed by atoms with Crippen molar-refractivity contribution in [3.8, 4) is 17.6 Å². The van der Waals surface area contributed by atoms with Crippen molar-refractivity contribution < 1.29 is 67.1 Å². The highest BCUT2D eigenvalue weighted by molar-refractivity contribution is 6.03. The van der Waals surface area contributed by atoms with E-state index in [-0.39, 0.29) is 81.4 Å². The quantitative estimate of drug-likeness (QED) is 0.0318. The minimum atomic E-state index is -0.585. The molecule has 0 spiro atoms. The van der Waals surface area contributed by atoms with Crippen LogP contribution in [-0.2, 0) is 63.7 Å². The van der Waals surface area contributed by atoms with Crippen LogP contribution in [0.3, 0.4) is 0 Å². The molecule has 0 bridgehead atoms. The molecular formula is C43H66N2O14. The zero-order chi connectivity index (χ0) is 44.3. The number of anilines is 1. The summed E-state index contributed by atoms with van der Waals surface area (Å²) in [6.45, 7) is 15.8. The molecule has 3 N–H and O–H groups in total. The Balaban J connectivity index is 0.0000108. The Morgan fingerprint density at radius 2 is 1.32 bits per heavy atom. The molecule has 2 amide bonds. The number of Topliss-reactive ketones (excluding diaryl/α,β-unsaturated/α-hetero) is 2. The number of rotatable bonds is 31. The number of benzene rings is 1. The first-order valence-electron chi connectivity index (χ1n) is 20.1. The second-order valence-corrected chi connectivity index (χ2v) is 14.8. The first-order valence-corrected chi connectivity index (χ1v) is 20.1. The van der Waals surface area contributed by atoms with Crippen LogP contribution in [0.15, 0.2) is 18.2 Å². The molecule has 0 aliphatic rings. The number of ether oxygens (including phenoxy) is 6. The zero-order valence-corrected chi connectivity index (χ0v) is 35.8. The second kappa shape index (κ2) is 34.5. The molecule has 59 heavy (non-hydrogen) atoms. The molecule has 0 saturated carbocycles. The highest BCUT2D eigenvalue weighted by Gasteiger charge is 2.22. The largest absolute Gasteiger partial charge is 0.424 e. The van der Waals surface area contributed by atoms with Gasteiger partial charge in [0.25, 0.3) is 5.91 Å². The van der Waals surface area contributed by atoms with Crippen molar-refractivity contribution in [3.05, 3.63) is 23.8 Å². The monoisotopic (exact) mass is 834 g/mol. The third kappa shape index (κ3) is 32.2. The highest BCUT2D eigenvalue weighted by Crippen LogP contribution is 2.33. The van der Waals surface area contributed by atoms with Crippen LogP contribution in [0.5, 0.6) is 5.75 Å². The summed E-state index contributed by atoms with van der Waals surface area (Å²) in [6, 6.07) is 5.48. The Labute approximate surface area is 349 Å². The molecule has 0 fully saturated rings. The molecule has 0 aromatic heterocycles. The van der Waals surface area contributed by atoms with E-state index in [4.69, 9.17) is 43.1 Å². The first kappa shape index (κ1) is 54.7. The van der Waals surface area contributed by atoms with Crippen molar-refractivity contribution >= 4 is 41.2 Å². The normalized spacial score (nSPS) is 11.8. The summed E-state index contributed by atoms with van der Waals surface area (Å²) in [5.41, 5.74) is 1.69. The lowest BCUT2D eigenvalue weighted by molar-refractivity contribution is -0.191. The number of carbonyl (C=O) groups is 5. The van der Waals surface area contributed by atoms with E-state index in [1.807, 2.05) is 12.1 Å². The second-order valence-electron chi connectivity index (χ2n) is 14.8. The van der Waals surface area contributed by atoms with Gasteiger partial charge in [0.1, 0.15) is 5.78 Å². The van der Waals surface area contributed by atoms with Gasteiger partial charge in [-0.2, -0.15) is 9.59 Å². The molecule has 332 valence electrons. The lowest BCUT2D eigenvalue weighted by Crippen LogP contribution is -2.26. The van der Waals surface area contributed by atoms with Crippen molar-refractivity contribution in [2.24, 2.45) is 17.3 Å². The molecule has 1 rings (SSSR count). The molecule has 0 aliphatic carbocycles. The molecule has 16 nitrogen and oxygen atoms in total. The van der Waals surface area contributed by atoms with Gasteiger partial charge < -0.3 is 44.2 Å². The number of ketones is 2. The van der Waals surface area contributed by atoms with E-state index in [1.54, 1.807) is 6.07 Å². The standard InChI is InChI=1S/C42H66N2O12.CO2/c1-32(29-33(2)42(4,5)6)30-35-11-13-39(56-34(3)46)38(31-35)44-41(50)16-22-51-19-7-9-36(47)12-14-40(49)43-17-23-54-26-28-55-27-25-53-21-15-37(48)10-8-20-52-24-18-45;2-1-3/h11,13,31-33,45H,7-10,15-30H2,1-6H3,(H,43,49)(H,44,50);/t32-,33?;/m1./s1. The summed E-state index contributed by atoms with van der Waals surface area (Å²) < 4.78 is 32.2. The Morgan fingerprint density at radius 3 is 1.95 bits per heavy atom. The molecule has 2 atom stereocenters. The van der Waals surface area contributed by atoms with Gasteiger partial charge >= 0.3 is 12.1 Å². The maximum absolute atomic E-state index is 12.7. The van der Waals surface area contributed by atoms with Crippen LogP contribution in [-0.4, -0.2) is 120 Å². The van der Waals surface area contributed by atoms with E-state index >= 15 is 0 Å². The predicted molar refractivity (Wildman–Crippen MR) is 217 cm³/mol. The van der Waals surface area contributed by atoms with E-state index in [0.29, 0.717) is 82.8 Å². The molecule has 1 unspecified atom stereocenters. The van der Waals surface area contributed by atoms with E-state index < -0.39 is 17.7 Å². The number of nitrogens with one attached hydrogen (secondary N) is 2. The highest BCUT2D eigenvalue weighted by atomic mass is 16.5. The zero-order valence-electron chi connectivity index (χ0n) is 35.8. The Kier molecular flexibility index (Phi) is 32.0. The van der Waals surface area contributed by atoms with Gasteiger partial charge in [0.2, 0.25) is 11.7 Å². The summed E-state index contributed by atoms with van der Waals surface area (Å²) in [4.78, 5) is 76.3. The van der Waals surface area contributed by atoms with Gasteiger partial charge in [-0.3, -0.25) is 24.0 Å². The summed E-state index contributed by atoms with van der Waals surface area (Å²) in [6.07, 6.45) is 4.08. The third-order valence-electron chi connectivity index (χ3n) is 8.65. The topological polar surface area (TPSA) is 219 Å². The van der Waals surface area contributed by atoms with E-state index in [2.05, 4.69) is 57.1 Å². The van der Waals surface area contributed by atoms with Crippen LogP contribution in [0.4, 0.5) is 5.69 Å². The molecule has 0 saturated heterocycles. The summed E-state index contributed by atoms with van der Waals surface area (Å²) >= 11 is 0. The number of esters is 1. The average Bonchev–Trinajstić information content (AvgIpc) is 3.16. The maximum atomic E-state index is 12.7. The summed E-state index contributed by atoms with van der Waals surface area (Å²) in [7, 11) is 0. The number of hydrogen-bond acceptors (Lipinski definition) is 14. The van der Waals surface area contributed by atoms with Crippen molar-refractivity contribution in [1.29, 1.82) is 0 Å². The van der Waals surface area contributed by atoms with Gasteiger partial charge in [-0.1, -0.05) is 40.7 Å². The van der Waals surface area contributed by atoms with Gasteiger partial charge in [0.15, 0.2) is 5.75 Å². The van der Waals surface area contributed by atoms with Crippen molar-refractivity contribution in [2.75, 3.05) is 84.5 Å². The fourth-order valence-electron chi connectivity index (χ4n) is 5.16. The molecule has 1 aromatic carbocycles. The van der Waals surface area contributed by atoms with Crippen LogP contribution in [0.25, 0.3) is 0 Å². The fourth-order valence-corrected chi connectivity index (χ4v) is 5.16. The van der Waals surface area contributed by atoms with Crippen LogP contribution < -0.4 is 15.4 Å². The lowest BCUT2D eigenvalue weighted by atomic mass is 9.76.